The van der Waals surface area contributed by atoms with E-state index < -0.39 is 11.0 Å². The minimum Gasteiger partial charge on any atom is -0.409 e. The second kappa shape index (κ2) is 6.71. The van der Waals surface area contributed by atoms with Gasteiger partial charge in [0.25, 0.3) is 5.69 Å². The van der Waals surface area contributed by atoms with Crippen molar-refractivity contribution in [2.75, 3.05) is 18.5 Å². The van der Waals surface area contributed by atoms with Crippen molar-refractivity contribution in [3.05, 3.63) is 33.9 Å². The number of hydrogen-bond donors (Lipinski definition) is 3. The summed E-state index contributed by atoms with van der Waals surface area (Å²) >= 11 is 0. The molecular formula is C12H18N4O4. The maximum absolute atomic E-state index is 10.8. The molecule has 0 aromatic heterocycles. The van der Waals surface area contributed by atoms with E-state index in [2.05, 4.69) is 5.16 Å². The number of oxime groups is 1. The SMILES string of the molecule is CC(O)CCN(C)c1ccc([N+](=O)[O-])cc1/C(N)=N/O. The van der Waals surface area contributed by atoms with E-state index in [9.17, 15) is 15.2 Å². The van der Waals surface area contributed by atoms with E-state index in [0.29, 0.717) is 18.7 Å². The molecule has 0 amide bonds. The normalized spacial score (nSPS) is 13.1. The predicted molar refractivity (Wildman–Crippen MR) is 75.2 cm³/mol. The standard InChI is InChI=1S/C12H18N4O4/c1-8(17)5-6-15(2)11-4-3-9(16(19)20)7-10(11)12(13)14-18/h3-4,7-8,17-18H,5-6H2,1-2H3,(H2,13,14). The fourth-order valence-corrected chi connectivity index (χ4v) is 1.73. The first kappa shape index (κ1) is 15.7. The lowest BCUT2D eigenvalue weighted by atomic mass is 10.1. The highest BCUT2D eigenvalue weighted by molar-refractivity contribution is 6.02. The quantitative estimate of drug-likeness (QED) is 0.234. The molecule has 110 valence electrons. The van der Waals surface area contributed by atoms with Gasteiger partial charge in [-0.25, -0.2) is 0 Å². The van der Waals surface area contributed by atoms with E-state index in [1.54, 1.807) is 18.9 Å². The maximum atomic E-state index is 10.8. The van der Waals surface area contributed by atoms with Crippen LogP contribution in [0.5, 0.6) is 0 Å². The number of amidine groups is 1. The molecule has 0 aliphatic heterocycles. The molecule has 1 atom stereocenters. The molecule has 0 spiro atoms. The highest BCUT2D eigenvalue weighted by atomic mass is 16.6. The Morgan fingerprint density at radius 3 is 2.75 bits per heavy atom. The smallest absolute Gasteiger partial charge is 0.270 e. The minimum atomic E-state index is -0.548. The molecule has 0 aliphatic rings. The topological polar surface area (TPSA) is 125 Å². The van der Waals surface area contributed by atoms with Gasteiger partial charge in [-0.3, -0.25) is 10.1 Å². The Balaban J connectivity index is 3.14. The van der Waals surface area contributed by atoms with Gasteiger partial charge in [0.05, 0.1) is 16.6 Å². The fourth-order valence-electron chi connectivity index (χ4n) is 1.73. The zero-order valence-electron chi connectivity index (χ0n) is 11.4. The third-order valence-corrected chi connectivity index (χ3v) is 2.87. The van der Waals surface area contributed by atoms with Crippen LogP contribution in [-0.2, 0) is 0 Å². The van der Waals surface area contributed by atoms with Gasteiger partial charge in [0.1, 0.15) is 0 Å². The van der Waals surface area contributed by atoms with Crippen LogP contribution in [-0.4, -0.2) is 40.8 Å². The average molecular weight is 282 g/mol. The van der Waals surface area contributed by atoms with E-state index >= 15 is 0 Å². The summed E-state index contributed by atoms with van der Waals surface area (Å²) in [5, 5.41) is 31.7. The number of benzene rings is 1. The molecule has 1 aromatic rings. The third kappa shape index (κ3) is 3.82. The van der Waals surface area contributed by atoms with E-state index in [1.165, 1.54) is 18.2 Å². The van der Waals surface area contributed by atoms with E-state index in [1.807, 2.05) is 0 Å². The number of non-ortho nitro benzene ring substituents is 1. The van der Waals surface area contributed by atoms with E-state index in [-0.39, 0.29) is 17.1 Å². The van der Waals surface area contributed by atoms with Crippen LogP contribution in [0, 0.1) is 10.1 Å². The number of hydrogen-bond acceptors (Lipinski definition) is 6. The van der Waals surface area contributed by atoms with Crippen molar-refractivity contribution in [1.29, 1.82) is 0 Å². The number of nitro groups is 1. The molecule has 0 heterocycles. The van der Waals surface area contributed by atoms with Crippen LogP contribution in [0.25, 0.3) is 0 Å². The van der Waals surface area contributed by atoms with Crippen LogP contribution in [0.1, 0.15) is 18.9 Å². The largest absolute Gasteiger partial charge is 0.409 e. The van der Waals surface area contributed by atoms with Gasteiger partial charge < -0.3 is 20.9 Å². The first-order valence-electron chi connectivity index (χ1n) is 6.02. The minimum absolute atomic E-state index is 0.140. The number of rotatable bonds is 6. The summed E-state index contributed by atoms with van der Waals surface area (Å²) in [6.45, 7) is 2.20. The lowest BCUT2D eigenvalue weighted by Crippen LogP contribution is -2.25. The third-order valence-electron chi connectivity index (χ3n) is 2.87. The molecule has 0 fully saturated rings. The second-order valence-corrected chi connectivity index (χ2v) is 4.50. The zero-order valence-corrected chi connectivity index (χ0v) is 11.4. The fraction of sp³-hybridized carbons (Fsp3) is 0.417. The lowest BCUT2D eigenvalue weighted by molar-refractivity contribution is -0.384. The Kier molecular flexibility index (Phi) is 5.27. The zero-order chi connectivity index (χ0) is 15.3. The molecule has 4 N–H and O–H groups in total. The van der Waals surface area contributed by atoms with Crippen molar-refractivity contribution in [1.82, 2.24) is 0 Å². The monoisotopic (exact) mass is 282 g/mol. The van der Waals surface area contributed by atoms with Gasteiger partial charge >= 0.3 is 0 Å². The Morgan fingerprint density at radius 2 is 2.25 bits per heavy atom. The first-order valence-corrected chi connectivity index (χ1v) is 6.02. The molecule has 0 saturated heterocycles. The Labute approximate surface area is 116 Å². The summed E-state index contributed by atoms with van der Waals surface area (Å²) in [5.74, 6) is -0.201. The van der Waals surface area contributed by atoms with Gasteiger partial charge in [-0.15, -0.1) is 0 Å². The summed E-state index contributed by atoms with van der Waals surface area (Å²) in [6.07, 6.45) is 0.0751. The van der Waals surface area contributed by atoms with Crippen LogP contribution in [0.4, 0.5) is 11.4 Å². The van der Waals surface area contributed by atoms with Crippen molar-refractivity contribution >= 4 is 17.2 Å². The van der Waals surface area contributed by atoms with Crippen LogP contribution in [0.15, 0.2) is 23.4 Å². The summed E-state index contributed by atoms with van der Waals surface area (Å²) in [7, 11) is 1.76. The number of nitrogens with zero attached hydrogens (tertiary/aromatic N) is 3. The first-order chi connectivity index (χ1) is 9.36. The Hall–Kier alpha value is -2.35. The number of nitrogens with two attached hydrogens (primary N) is 1. The summed E-state index contributed by atoms with van der Waals surface area (Å²) in [4.78, 5) is 12.0. The average Bonchev–Trinajstić information content (AvgIpc) is 2.42. The molecule has 0 aliphatic carbocycles. The van der Waals surface area contributed by atoms with Crippen LogP contribution in [0.2, 0.25) is 0 Å². The van der Waals surface area contributed by atoms with Gasteiger partial charge in [-0.2, -0.15) is 0 Å². The molecule has 0 bridgehead atoms. The van der Waals surface area contributed by atoms with Gasteiger partial charge in [0.2, 0.25) is 0 Å². The molecule has 20 heavy (non-hydrogen) atoms. The van der Waals surface area contributed by atoms with Crippen LogP contribution < -0.4 is 10.6 Å². The predicted octanol–water partition coefficient (Wildman–Crippen LogP) is 0.896. The van der Waals surface area contributed by atoms with Crippen molar-refractivity contribution in [3.8, 4) is 0 Å². The van der Waals surface area contributed by atoms with Crippen LogP contribution >= 0.6 is 0 Å². The summed E-state index contributed by atoms with van der Waals surface area (Å²) in [6, 6.07) is 4.14. The lowest BCUT2D eigenvalue weighted by Gasteiger charge is -2.22. The number of nitro benzene ring substituents is 1. The van der Waals surface area contributed by atoms with Crippen LogP contribution in [0.3, 0.4) is 0 Å². The molecule has 0 saturated carbocycles. The van der Waals surface area contributed by atoms with Gasteiger partial charge in [0.15, 0.2) is 5.84 Å². The van der Waals surface area contributed by atoms with Crippen molar-refractivity contribution in [2.45, 2.75) is 19.4 Å². The maximum Gasteiger partial charge on any atom is 0.270 e. The highest BCUT2D eigenvalue weighted by Crippen LogP contribution is 2.25. The summed E-state index contributed by atoms with van der Waals surface area (Å²) in [5.41, 5.74) is 6.28. The Morgan fingerprint density at radius 1 is 1.60 bits per heavy atom. The molecule has 8 nitrogen and oxygen atoms in total. The molecule has 1 aromatic carbocycles. The molecule has 1 unspecified atom stereocenters. The molecule has 1 rings (SSSR count). The Bertz CT molecular complexity index is 516. The number of aliphatic hydroxyl groups excluding tert-OH is 1. The summed E-state index contributed by atoms with van der Waals surface area (Å²) < 4.78 is 0. The molecule has 0 radical (unpaired) electrons. The second-order valence-electron chi connectivity index (χ2n) is 4.50. The van der Waals surface area contributed by atoms with Crippen molar-refractivity contribution in [2.24, 2.45) is 10.9 Å². The highest BCUT2D eigenvalue weighted by Gasteiger charge is 2.16. The van der Waals surface area contributed by atoms with E-state index in [4.69, 9.17) is 10.9 Å². The van der Waals surface area contributed by atoms with Crippen molar-refractivity contribution < 1.29 is 15.2 Å². The van der Waals surface area contributed by atoms with Gasteiger partial charge in [-0.1, -0.05) is 5.16 Å². The van der Waals surface area contributed by atoms with Gasteiger partial charge in [0, 0.05) is 31.4 Å². The number of aliphatic hydroxyl groups is 1. The van der Waals surface area contributed by atoms with Crippen molar-refractivity contribution in [3.63, 3.8) is 0 Å². The molecule has 8 heteroatoms. The molecular weight excluding hydrogens is 264 g/mol. The number of anilines is 1. The van der Waals surface area contributed by atoms with E-state index in [0.717, 1.165) is 0 Å². The van der Waals surface area contributed by atoms with Gasteiger partial charge in [-0.05, 0) is 19.4 Å².